The lowest BCUT2D eigenvalue weighted by Gasteiger charge is -2.40. The molecule has 0 aromatic heterocycles. The smallest absolute Gasteiger partial charge is 0.0576 e. The first-order valence-electron chi connectivity index (χ1n) is 10.7. The van der Waals surface area contributed by atoms with Crippen LogP contribution in [0.15, 0.2) is 0 Å². The Morgan fingerprint density at radius 2 is 1.43 bits per heavy atom. The van der Waals surface area contributed by atoms with Gasteiger partial charge in [-0.15, -0.1) is 0 Å². The average molecular weight is 324 g/mol. The van der Waals surface area contributed by atoms with Gasteiger partial charge in [0.2, 0.25) is 0 Å². The van der Waals surface area contributed by atoms with Crippen LogP contribution in [-0.2, 0) is 4.74 Å². The Balaban J connectivity index is 1.55. The van der Waals surface area contributed by atoms with Crippen molar-refractivity contribution in [3.05, 3.63) is 0 Å². The molecule has 0 unspecified atom stereocenters. The molecule has 2 fully saturated rings. The van der Waals surface area contributed by atoms with Crippen LogP contribution >= 0.6 is 0 Å². The fourth-order valence-corrected chi connectivity index (χ4v) is 4.47. The van der Waals surface area contributed by atoms with Gasteiger partial charge in [0, 0.05) is 12.6 Å². The maximum absolute atomic E-state index is 6.07. The van der Waals surface area contributed by atoms with Crippen LogP contribution < -0.4 is 0 Å². The zero-order chi connectivity index (χ0) is 16.3. The highest BCUT2D eigenvalue weighted by Gasteiger charge is 2.28. The molecule has 2 rings (SSSR count). The molecule has 0 atom stereocenters. The molecular formula is C21H41NO. The van der Waals surface area contributed by atoms with Crippen LogP contribution in [0, 0.1) is 5.92 Å². The number of rotatable bonds is 10. The lowest BCUT2D eigenvalue weighted by molar-refractivity contribution is 0.000225. The number of hydrogen-bond acceptors (Lipinski definition) is 2. The average Bonchev–Trinajstić information content (AvgIpc) is 2.60. The summed E-state index contributed by atoms with van der Waals surface area (Å²) in [4.78, 5) is 2.81. The van der Waals surface area contributed by atoms with Crippen molar-refractivity contribution in [3.63, 3.8) is 0 Å². The van der Waals surface area contributed by atoms with E-state index in [0.717, 1.165) is 18.6 Å². The number of ether oxygens (including phenoxy) is 1. The van der Waals surface area contributed by atoms with Crippen LogP contribution in [0.2, 0.25) is 0 Å². The maximum Gasteiger partial charge on any atom is 0.0576 e. The van der Waals surface area contributed by atoms with Gasteiger partial charge in [-0.2, -0.15) is 0 Å². The molecule has 0 spiro atoms. The molecule has 136 valence electrons. The minimum absolute atomic E-state index is 0.565. The summed E-state index contributed by atoms with van der Waals surface area (Å²) in [6.45, 7) is 8.30. The summed E-state index contributed by atoms with van der Waals surface area (Å²) < 4.78 is 6.07. The highest BCUT2D eigenvalue weighted by atomic mass is 16.5. The van der Waals surface area contributed by atoms with Gasteiger partial charge in [-0.05, 0) is 64.0 Å². The molecule has 1 aliphatic heterocycles. The van der Waals surface area contributed by atoms with E-state index in [9.17, 15) is 0 Å². The van der Waals surface area contributed by atoms with Crippen LogP contribution in [0.1, 0.15) is 97.3 Å². The van der Waals surface area contributed by atoms with Crippen molar-refractivity contribution < 1.29 is 4.74 Å². The van der Waals surface area contributed by atoms with Crippen molar-refractivity contribution in [1.29, 1.82) is 0 Å². The molecule has 1 saturated carbocycles. The molecule has 2 aliphatic rings. The molecule has 0 radical (unpaired) electrons. The molecule has 0 aromatic rings. The number of unbranched alkanes of at least 4 members (excludes halogenated alkanes) is 4. The zero-order valence-corrected chi connectivity index (χ0v) is 15.9. The van der Waals surface area contributed by atoms with Crippen LogP contribution in [0.25, 0.3) is 0 Å². The quantitative estimate of drug-likeness (QED) is 0.471. The standard InChI is InChI=1S/C21H41NO/c1-3-5-7-9-19-14-16-22(17-15-19)20-10-12-21(13-11-20)23-18-8-6-4-2/h19-21H,3-18H2,1-2H3. The third kappa shape index (κ3) is 7.13. The highest BCUT2D eigenvalue weighted by Crippen LogP contribution is 2.30. The number of piperidine rings is 1. The zero-order valence-electron chi connectivity index (χ0n) is 15.9. The molecule has 2 nitrogen and oxygen atoms in total. The normalized spacial score (nSPS) is 27.4. The van der Waals surface area contributed by atoms with E-state index in [2.05, 4.69) is 18.7 Å². The lowest BCUT2D eigenvalue weighted by atomic mass is 9.87. The Bertz CT molecular complexity index is 278. The van der Waals surface area contributed by atoms with Gasteiger partial charge in [0.15, 0.2) is 0 Å². The summed E-state index contributed by atoms with van der Waals surface area (Å²) in [5.74, 6) is 1.02. The molecule has 1 saturated heterocycles. The summed E-state index contributed by atoms with van der Waals surface area (Å²) in [6.07, 6.45) is 18.4. The molecule has 23 heavy (non-hydrogen) atoms. The van der Waals surface area contributed by atoms with Crippen LogP contribution in [-0.4, -0.2) is 36.7 Å². The largest absolute Gasteiger partial charge is 0.378 e. The first kappa shape index (κ1) is 19.2. The van der Waals surface area contributed by atoms with Crippen LogP contribution in [0.3, 0.4) is 0 Å². The van der Waals surface area contributed by atoms with Crippen LogP contribution in [0.4, 0.5) is 0 Å². The van der Waals surface area contributed by atoms with Crippen LogP contribution in [0.5, 0.6) is 0 Å². The van der Waals surface area contributed by atoms with Gasteiger partial charge in [-0.3, -0.25) is 0 Å². The second-order valence-corrected chi connectivity index (χ2v) is 7.98. The van der Waals surface area contributed by atoms with E-state index in [4.69, 9.17) is 4.74 Å². The second-order valence-electron chi connectivity index (χ2n) is 7.98. The van der Waals surface area contributed by atoms with Gasteiger partial charge in [-0.25, -0.2) is 0 Å². The Labute approximate surface area is 145 Å². The second kappa shape index (κ2) is 11.5. The molecule has 0 aromatic carbocycles. The van der Waals surface area contributed by atoms with Gasteiger partial charge in [0.05, 0.1) is 6.10 Å². The first-order valence-corrected chi connectivity index (χ1v) is 10.7. The number of nitrogens with zero attached hydrogens (tertiary/aromatic N) is 1. The Morgan fingerprint density at radius 3 is 2.09 bits per heavy atom. The van der Waals surface area contributed by atoms with E-state index in [1.165, 1.54) is 96.6 Å². The molecule has 0 bridgehead atoms. The minimum atomic E-state index is 0.565. The summed E-state index contributed by atoms with van der Waals surface area (Å²) in [6, 6.07) is 0.863. The van der Waals surface area contributed by atoms with E-state index >= 15 is 0 Å². The Hall–Kier alpha value is -0.0800. The van der Waals surface area contributed by atoms with Gasteiger partial charge >= 0.3 is 0 Å². The van der Waals surface area contributed by atoms with E-state index in [0.29, 0.717) is 6.10 Å². The van der Waals surface area contributed by atoms with Crippen molar-refractivity contribution in [3.8, 4) is 0 Å². The van der Waals surface area contributed by atoms with Gasteiger partial charge < -0.3 is 9.64 Å². The van der Waals surface area contributed by atoms with Crippen molar-refractivity contribution in [1.82, 2.24) is 4.90 Å². The monoisotopic (exact) mass is 323 g/mol. The topological polar surface area (TPSA) is 12.5 Å². The fourth-order valence-electron chi connectivity index (χ4n) is 4.47. The number of likely N-dealkylation sites (tertiary alicyclic amines) is 1. The SMILES string of the molecule is CCCCCOC1CCC(N2CCC(CCCCC)CC2)CC1. The number of hydrogen-bond donors (Lipinski definition) is 0. The Morgan fingerprint density at radius 1 is 0.783 bits per heavy atom. The molecule has 2 heteroatoms. The third-order valence-corrected chi connectivity index (χ3v) is 6.13. The molecule has 0 N–H and O–H groups in total. The lowest BCUT2D eigenvalue weighted by Crippen LogP contribution is -2.44. The molecular weight excluding hydrogens is 282 g/mol. The summed E-state index contributed by atoms with van der Waals surface area (Å²) in [5, 5.41) is 0. The van der Waals surface area contributed by atoms with Crippen molar-refractivity contribution in [2.24, 2.45) is 5.92 Å². The summed E-state index contributed by atoms with van der Waals surface area (Å²) in [7, 11) is 0. The van der Waals surface area contributed by atoms with Gasteiger partial charge in [-0.1, -0.05) is 52.4 Å². The molecule has 1 aliphatic carbocycles. The van der Waals surface area contributed by atoms with Crippen molar-refractivity contribution in [2.45, 2.75) is 109 Å². The minimum Gasteiger partial charge on any atom is -0.378 e. The fraction of sp³-hybridized carbons (Fsp3) is 1.00. The van der Waals surface area contributed by atoms with E-state index in [-0.39, 0.29) is 0 Å². The van der Waals surface area contributed by atoms with E-state index in [1.807, 2.05) is 0 Å². The first-order chi connectivity index (χ1) is 11.3. The predicted octanol–water partition coefficient (Wildman–Crippen LogP) is 5.80. The van der Waals surface area contributed by atoms with E-state index < -0.39 is 0 Å². The summed E-state index contributed by atoms with van der Waals surface area (Å²) >= 11 is 0. The van der Waals surface area contributed by atoms with Crippen molar-refractivity contribution >= 4 is 0 Å². The van der Waals surface area contributed by atoms with Crippen molar-refractivity contribution in [2.75, 3.05) is 19.7 Å². The van der Waals surface area contributed by atoms with E-state index in [1.54, 1.807) is 0 Å². The van der Waals surface area contributed by atoms with Gasteiger partial charge in [0.1, 0.15) is 0 Å². The Kier molecular flexibility index (Phi) is 9.60. The maximum atomic E-state index is 6.07. The molecule has 0 amide bonds. The highest BCUT2D eigenvalue weighted by molar-refractivity contribution is 4.83. The third-order valence-electron chi connectivity index (χ3n) is 6.13. The van der Waals surface area contributed by atoms with Gasteiger partial charge in [0.25, 0.3) is 0 Å². The summed E-state index contributed by atoms with van der Waals surface area (Å²) in [5.41, 5.74) is 0. The molecule has 1 heterocycles. The predicted molar refractivity (Wildman–Crippen MR) is 100.0 cm³/mol.